The summed E-state index contributed by atoms with van der Waals surface area (Å²) in [5.74, 6) is 1.46. The lowest BCUT2D eigenvalue weighted by molar-refractivity contribution is 0.218. The van der Waals surface area contributed by atoms with E-state index in [1.807, 2.05) is 16.9 Å². The molecular formula is C16H21N3O. The second-order valence-corrected chi connectivity index (χ2v) is 5.48. The molecule has 0 aliphatic carbocycles. The molecule has 3 rings (SSSR count). The van der Waals surface area contributed by atoms with Crippen LogP contribution >= 0.6 is 0 Å². The van der Waals surface area contributed by atoms with E-state index in [-0.39, 0.29) is 0 Å². The lowest BCUT2D eigenvalue weighted by Crippen LogP contribution is -2.32. The number of benzene rings is 1. The van der Waals surface area contributed by atoms with Gasteiger partial charge in [0.15, 0.2) is 5.75 Å². The van der Waals surface area contributed by atoms with Gasteiger partial charge in [-0.25, -0.2) is 4.68 Å². The first-order valence-electron chi connectivity index (χ1n) is 7.26. The minimum Gasteiger partial charge on any atom is -0.490 e. The van der Waals surface area contributed by atoms with E-state index in [0.29, 0.717) is 5.92 Å². The summed E-state index contributed by atoms with van der Waals surface area (Å²) in [4.78, 5) is 0. The SMILES string of the molecule is Cc1cccc(-n2cc(OCC3CCCNC3)cn2)c1. The molecule has 4 nitrogen and oxygen atoms in total. The molecule has 2 aromatic rings. The maximum atomic E-state index is 5.85. The second kappa shape index (κ2) is 6.09. The Kier molecular flexibility index (Phi) is 4.02. The standard InChI is InChI=1S/C16H21N3O/c1-13-4-2-6-15(8-13)19-11-16(10-18-19)20-12-14-5-3-7-17-9-14/h2,4,6,8,10-11,14,17H,3,5,7,9,12H2,1H3. The van der Waals surface area contributed by atoms with Crippen LogP contribution in [0.2, 0.25) is 0 Å². The molecule has 0 spiro atoms. The molecule has 0 saturated carbocycles. The Morgan fingerprint density at radius 3 is 3.20 bits per heavy atom. The molecule has 20 heavy (non-hydrogen) atoms. The van der Waals surface area contributed by atoms with Crippen molar-refractivity contribution in [3.63, 3.8) is 0 Å². The molecule has 1 N–H and O–H groups in total. The van der Waals surface area contributed by atoms with E-state index in [1.54, 1.807) is 6.20 Å². The third-order valence-electron chi connectivity index (χ3n) is 3.71. The summed E-state index contributed by atoms with van der Waals surface area (Å²) in [6.45, 7) is 5.06. The molecule has 1 aromatic carbocycles. The van der Waals surface area contributed by atoms with Gasteiger partial charge in [0.05, 0.1) is 24.7 Å². The van der Waals surface area contributed by atoms with E-state index >= 15 is 0 Å². The van der Waals surface area contributed by atoms with E-state index in [1.165, 1.54) is 18.4 Å². The Morgan fingerprint density at radius 1 is 1.45 bits per heavy atom. The average molecular weight is 271 g/mol. The summed E-state index contributed by atoms with van der Waals surface area (Å²) in [6, 6.07) is 8.29. The fraction of sp³-hybridized carbons (Fsp3) is 0.438. The molecule has 4 heteroatoms. The highest BCUT2D eigenvalue weighted by Gasteiger charge is 2.14. The van der Waals surface area contributed by atoms with Crippen LogP contribution in [0.4, 0.5) is 0 Å². The number of hydrogen-bond donors (Lipinski definition) is 1. The van der Waals surface area contributed by atoms with E-state index in [9.17, 15) is 0 Å². The summed E-state index contributed by atoms with van der Waals surface area (Å²) in [6.07, 6.45) is 6.24. The zero-order chi connectivity index (χ0) is 13.8. The van der Waals surface area contributed by atoms with Crippen LogP contribution in [-0.2, 0) is 0 Å². The van der Waals surface area contributed by atoms with Crippen LogP contribution in [0.1, 0.15) is 18.4 Å². The maximum absolute atomic E-state index is 5.85. The second-order valence-electron chi connectivity index (χ2n) is 5.48. The quantitative estimate of drug-likeness (QED) is 0.929. The number of aryl methyl sites for hydroxylation is 1. The third-order valence-corrected chi connectivity index (χ3v) is 3.71. The lowest BCUT2D eigenvalue weighted by Gasteiger charge is -2.22. The van der Waals surface area contributed by atoms with Gasteiger partial charge in [-0.3, -0.25) is 0 Å². The molecule has 1 aromatic heterocycles. The zero-order valence-corrected chi connectivity index (χ0v) is 11.9. The molecule has 1 unspecified atom stereocenters. The van der Waals surface area contributed by atoms with Gasteiger partial charge >= 0.3 is 0 Å². The van der Waals surface area contributed by atoms with Gasteiger partial charge in [0.1, 0.15) is 0 Å². The zero-order valence-electron chi connectivity index (χ0n) is 11.9. The van der Waals surface area contributed by atoms with Gasteiger partial charge in [0, 0.05) is 12.5 Å². The van der Waals surface area contributed by atoms with Crippen molar-refractivity contribution < 1.29 is 4.74 Å². The van der Waals surface area contributed by atoms with Crippen LogP contribution < -0.4 is 10.1 Å². The number of rotatable bonds is 4. The monoisotopic (exact) mass is 271 g/mol. The Balaban J connectivity index is 1.61. The average Bonchev–Trinajstić information content (AvgIpc) is 2.95. The van der Waals surface area contributed by atoms with Crippen LogP contribution in [0.15, 0.2) is 36.7 Å². The highest BCUT2D eigenvalue weighted by Crippen LogP contribution is 2.17. The molecular weight excluding hydrogens is 250 g/mol. The molecule has 106 valence electrons. The molecule has 0 bridgehead atoms. The van der Waals surface area contributed by atoms with Crippen molar-refractivity contribution in [1.82, 2.24) is 15.1 Å². The van der Waals surface area contributed by atoms with Gasteiger partial charge in [-0.2, -0.15) is 5.10 Å². The normalized spacial score (nSPS) is 18.9. The maximum Gasteiger partial charge on any atom is 0.157 e. The van der Waals surface area contributed by atoms with Crippen molar-refractivity contribution in [1.29, 1.82) is 0 Å². The predicted molar refractivity (Wildman–Crippen MR) is 79.4 cm³/mol. The first-order valence-corrected chi connectivity index (χ1v) is 7.26. The Morgan fingerprint density at radius 2 is 2.40 bits per heavy atom. The fourth-order valence-corrected chi connectivity index (χ4v) is 2.57. The van der Waals surface area contributed by atoms with Gasteiger partial charge in [0.25, 0.3) is 0 Å². The van der Waals surface area contributed by atoms with Gasteiger partial charge in [-0.05, 0) is 44.0 Å². The van der Waals surface area contributed by atoms with Gasteiger partial charge in [0.2, 0.25) is 0 Å². The minimum absolute atomic E-state index is 0.617. The van der Waals surface area contributed by atoms with Crippen molar-refractivity contribution >= 4 is 0 Å². The van der Waals surface area contributed by atoms with Gasteiger partial charge in [-0.15, -0.1) is 0 Å². The highest BCUT2D eigenvalue weighted by molar-refractivity contribution is 5.35. The van der Waals surface area contributed by atoms with Crippen molar-refractivity contribution in [2.24, 2.45) is 5.92 Å². The third kappa shape index (κ3) is 3.20. The number of nitrogens with zero attached hydrogens (tertiary/aromatic N) is 2. The largest absolute Gasteiger partial charge is 0.490 e. The molecule has 1 fully saturated rings. The molecule has 1 saturated heterocycles. The molecule has 1 aliphatic rings. The molecule has 1 aliphatic heterocycles. The van der Waals surface area contributed by atoms with E-state index in [2.05, 4.69) is 35.5 Å². The molecule has 1 atom stereocenters. The lowest BCUT2D eigenvalue weighted by atomic mass is 10.0. The Hall–Kier alpha value is -1.81. The summed E-state index contributed by atoms with van der Waals surface area (Å²) in [5, 5.41) is 7.77. The topological polar surface area (TPSA) is 39.1 Å². The Bertz CT molecular complexity index is 558. The summed E-state index contributed by atoms with van der Waals surface area (Å²) >= 11 is 0. The first kappa shape index (κ1) is 13.2. The van der Waals surface area contributed by atoms with Crippen LogP contribution in [0.5, 0.6) is 5.75 Å². The van der Waals surface area contributed by atoms with Crippen molar-refractivity contribution in [3.05, 3.63) is 42.2 Å². The van der Waals surface area contributed by atoms with Crippen molar-refractivity contribution in [2.75, 3.05) is 19.7 Å². The summed E-state index contributed by atoms with van der Waals surface area (Å²) < 4.78 is 7.72. The summed E-state index contributed by atoms with van der Waals surface area (Å²) in [5.41, 5.74) is 2.30. The van der Waals surface area contributed by atoms with E-state index < -0.39 is 0 Å². The molecule has 2 heterocycles. The van der Waals surface area contributed by atoms with Gasteiger partial charge < -0.3 is 10.1 Å². The van der Waals surface area contributed by atoms with Gasteiger partial charge in [-0.1, -0.05) is 12.1 Å². The molecule has 0 radical (unpaired) electrons. The minimum atomic E-state index is 0.617. The number of aromatic nitrogens is 2. The van der Waals surface area contributed by atoms with Crippen LogP contribution in [0, 0.1) is 12.8 Å². The van der Waals surface area contributed by atoms with Crippen molar-refractivity contribution in [3.8, 4) is 11.4 Å². The molecule has 0 amide bonds. The van der Waals surface area contributed by atoms with Crippen LogP contribution in [0.25, 0.3) is 5.69 Å². The Labute approximate surface area is 119 Å². The van der Waals surface area contributed by atoms with E-state index in [0.717, 1.165) is 31.1 Å². The van der Waals surface area contributed by atoms with Crippen molar-refractivity contribution in [2.45, 2.75) is 19.8 Å². The number of piperidine rings is 1. The van der Waals surface area contributed by atoms with Crippen LogP contribution in [-0.4, -0.2) is 29.5 Å². The summed E-state index contributed by atoms with van der Waals surface area (Å²) in [7, 11) is 0. The number of nitrogens with one attached hydrogen (secondary N) is 1. The van der Waals surface area contributed by atoms with Crippen LogP contribution in [0.3, 0.4) is 0 Å². The highest BCUT2D eigenvalue weighted by atomic mass is 16.5. The smallest absolute Gasteiger partial charge is 0.157 e. The first-order chi connectivity index (χ1) is 9.81. The fourth-order valence-electron chi connectivity index (χ4n) is 2.57. The number of hydrogen-bond acceptors (Lipinski definition) is 3. The predicted octanol–water partition coefficient (Wildman–Crippen LogP) is 2.56. The number of ether oxygens (including phenoxy) is 1. The van der Waals surface area contributed by atoms with E-state index in [4.69, 9.17) is 4.74 Å².